The van der Waals surface area contributed by atoms with Crippen molar-refractivity contribution in [2.45, 2.75) is 0 Å². The fourth-order valence-electron chi connectivity index (χ4n) is 1.66. The minimum Gasteiger partial charge on any atom is -0.351 e. The van der Waals surface area contributed by atoms with Crippen molar-refractivity contribution in [1.29, 1.82) is 0 Å². The van der Waals surface area contributed by atoms with Crippen LogP contribution in [0.2, 0.25) is 10.0 Å². The molecule has 0 radical (unpaired) electrons. The number of amides is 3. The summed E-state index contributed by atoms with van der Waals surface area (Å²) < 4.78 is 0. The minimum atomic E-state index is -0.655. The Labute approximate surface area is 131 Å². The third-order valence-corrected chi connectivity index (χ3v) is 3.43. The first-order valence-electron chi connectivity index (χ1n) is 5.89. The van der Waals surface area contributed by atoms with Crippen LogP contribution in [-0.4, -0.2) is 11.9 Å². The monoisotopic (exact) mass is 323 g/mol. The number of primary amides is 1. The first-order chi connectivity index (χ1) is 9.97. The molecule has 0 unspecified atom stereocenters. The first kappa shape index (κ1) is 15.2. The maximum absolute atomic E-state index is 12.1. The van der Waals surface area contributed by atoms with Crippen LogP contribution < -0.4 is 16.4 Å². The smallest absolute Gasteiger partial charge is 0.316 e. The van der Waals surface area contributed by atoms with Gasteiger partial charge >= 0.3 is 6.03 Å². The van der Waals surface area contributed by atoms with Crippen LogP contribution in [0.3, 0.4) is 0 Å². The Morgan fingerprint density at radius 1 is 0.905 bits per heavy atom. The lowest BCUT2D eigenvalue weighted by Crippen LogP contribution is -2.19. The van der Waals surface area contributed by atoms with E-state index in [9.17, 15) is 9.59 Å². The first-order valence-corrected chi connectivity index (χ1v) is 6.65. The lowest BCUT2D eigenvalue weighted by atomic mass is 10.2. The molecule has 0 aliphatic rings. The van der Waals surface area contributed by atoms with Crippen LogP contribution in [0.25, 0.3) is 0 Å². The molecule has 0 saturated heterocycles. The van der Waals surface area contributed by atoms with E-state index in [1.807, 2.05) is 0 Å². The predicted octanol–water partition coefficient (Wildman–Crippen LogP) is 3.74. The van der Waals surface area contributed by atoms with Crippen LogP contribution in [0, 0.1) is 0 Å². The largest absolute Gasteiger partial charge is 0.351 e. The Morgan fingerprint density at radius 2 is 1.48 bits per heavy atom. The molecule has 0 heterocycles. The van der Waals surface area contributed by atoms with Crippen molar-refractivity contribution in [3.63, 3.8) is 0 Å². The van der Waals surface area contributed by atoms with Crippen molar-refractivity contribution < 1.29 is 9.59 Å². The summed E-state index contributed by atoms with van der Waals surface area (Å²) in [7, 11) is 0. The number of anilines is 2. The van der Waals surface area contributed by atoms with E-state index in [-0.39, 0.29) is 16.5 Å². The van der Waals surface area contributed by atoms with Crippen LogP contribution in [0.5, 0.6) is 0 Å². The highest BCUT2D eigenvalue weighted by Gasteiger charge is 2.12. The zero-order valence-electron chi connectivity index (χ0n) is 10.7. The number of carbonyl (C=O) groups excluding carboxylic acids is 2. The molecule has 7 heteroatoms. The van der Waals surface area contributed by atoms with E-state index in [4.69, 9.17) is 28.9 Å². The summed E-state index contributed by atoms with van der Waals surface area (Å²) in [4.78, 5) is 22.8. The third-order valence-electron chi connectivity index (χ3n) is 2.61. The topological polar surface area (TPSA) is 84.2 Å². The van der Waals surface area contributed by atoms with Crippen LogP contribution in [-0.2, 0) is 0 Å². The van der Waals surface area contributed by atoms with Crippen molar-refractivity contribution in [3.05, 3.63) is 58.1 Å². The quantitative estimate of drug-likeness (QED) is 0.803. The molecule has 0 aliphatic carbocycles. The molecule has 0 bridgehead atoms. The van der Waals surface area contributed by atoms with Crippen LogP contribution in [0.15, 0.2) is 42.5 Å². The molecule has 3 amide bonds. The SMILES string of the molecule is NC(=O)Nc1ccc(NC(=O)c2cccc(Cl)c2Cl)cc1. The molecule has 0 spiro atoms. The molecule has 0 aliphatic heterocycles. The molecule has 5 nitrogen and oxygen atoms in total. The summed E-state index contributed by atoms with van der Waals surface area (Å²) in [6, 6.07) is 10.6. The summed E-state index contributed by atoms with van der Waals surface area (Å²) in [5.74, 6) is -0.377. The van der Waals surface area contributed by atoms with E-state index in [0.717, 1.165) is 0 Å². The molecule has 2 aromatic carbocycles. The van der Waals surface area contributed by atoms with Gasteiger partial charge in [-0.2, -0.15) is 0 Å². The predicted molar refractivity (Wildman–Crippen MR) is 84.1 cm³/mol. The average Bonchev–Trinajstić information content (AvgIpc) is 2.43. The lowest BCUT2D eigenvalue weighted by molar-refractivity contribution is 0.102. The van der Waals surface area contributed by atoms with E-state index in [0.29, 0.717) is 16.4 Å². The lowest BCUT2D eigenvalue weighted by Gasteiger charge is -2.08. The molecule has 2 aromatic rings. The van der Waals surface area contributed by atoms with Gasteiger partial charge in [0.1, 0.15) is 0 Å². The summed E-state index contributed by atoms with van der Waals surface area (Å²) in [5.41, 5.74) is 6.36. The summed E-state index contributed by atoms with van der Waals surface area (Å²) in [6.07, 6.45) is 0. The van der Waals surface area contributed by atoms with E-state index in [1.165, 1.54) is 0 Å². The molecule has 0 saturated carbocycles. The van der Waals surface area contributed by atoms with Gasteiger partial charge in [0.05, 0.1) is 15.6 Å². The second kappa shape index (κ2) is 6.47. The summed E-state index contributed by atoms with van der Waals surface area (Å²) in [5, 5.41) is 5.61. The highest BCUT2D eigenvalue weighted by atomic mass is 35.5. The second-order valence-corrected chi connectivity index (χ2v) is 4.91. The number of nitrogens with one attached hydrogen (secondary N) is 2. The molecule has 108 valence electrons. The van der Waals surface area contributed by atoms with Gasteiger partial charge in [-0.25, -0.2) is 4.79 Å². The minimum absolute atomic E-state index is 0.198. The number of urea groups is 1. The van der Waals surface area contributed by atoms with Crippen molar-refractivity contribution in [2.75, 3.05) is 10.6 Å². The molecule has 0 fully saturated rings. The molecule has 0 aromatic heterocycles. The van der Waals surface area contributed by atoms with Gasteiger partial charge in [-0.15, -0.1) is 0 Å². The molecule has 21 heavy (non-hydrogen) atoms. The van der Waals surface area contributed by atoms with Gasteiger partial charge in [-0.05, 0) is 36.4 Å². The number of benzene rings is 2. The highest BCUT2D eigenvalue weighted by Crippen LogP contribution is 2.26. The molecular formula is C14H11Cl2N3O2. The standard InChI is InChI=1S/C14H11Cl2N3O2/c15-11-3-1-2-10(12(11)16)13(20)18-8-4-6-9(7-5-8)19-14(17)21/h1-7H,(H,18,20)(H3,17,19,21). The van der Waals surface area contributed by atoms with E-state index in [1.54, 1.807) is 42.5 Å². The molecule has 4 N–H and O–H groups in total. The maximum atomic E-state index is 12.1. The van der Waals surface area contributed by atoms with Crippen LogP contribution in [0.4, 0.5) is 16.2 Å². The fourth-order valence-corrected chi connectivity index (χ4v) is 2.04. The zero-order valence-corrected chi connectivity index (χ0v) is 12.2. The zero-order chi connectivity index (χ0) is 15.4. The third kappa shape index (κ3) is 3.87. The fraction of sp³-hybridized carbons (Fsp3) is 0. The average molecular weight is 324 g/mol. The van der Waals surface area contributed by atoms with Gasteiger partial charge < -0.3 is 16.4 Å². The Morgan fingerprint density at radius 3 is 2.05 bits per heavy atom. The maximum Gasteiger partial charge on any atom is 0.316 e. The van der Waals surface area contributed by atoms with E-state index >= 15 is 0 Å². The number of halogens is 2. The number of hydrogen-bond acceptors (Lipinski definition) is 2. The van der Waals surface area contributed by atoms with E-state index < -0.39 is 6.03 Å². The van der Waals surface area contributed by atoms with Gasteiger partial charge in [0.2, 0.25) is 0 Å². The number of carbonyl (C=O) groups is 2. The summed E-state index contributed by atoms with van der Waals surface area (Å²) >= 11 is 11.8. The second-order valence-electron chi connectivity index (χ2n) is 4.12. The highest BCUT2D eigenvalue weighted by molar-refractivity contribution is 6.44. The Kier molecular flexibility index (Phi) is 4.67. The Hall–Kier alpha value is -2.24. The van der Waals surface area contributed by atoms with Crippen LogP contribution >= 0.6 is 23.2 Å². The van der Waals surface area contributed by atoms with Gasteiger partial charge in [0, 0.05) is 11.4 Å². The van der Waals surface area contributed by atoms with Gasteiger partial charge in [0.25, 0.3) is 5.91 Å². The van der Waals surface area contributed by atoms with Gasteiger partial charge in [-0.3, -0.25) is 4.79 Å². The molecular weight excluding hydrogens is 313 g/mol. The molecule has 0 atom stereocenters. The van der Waals surface area contributed by atoms with Gasteiger partial charge in [-0.1, -0.05) is 29.3 Å². The number of hydrogen-bond donors (Lipinski definition) is 3. The van der Waals surface area contributed by atoms with E-state index in [2.05, 4.69) is 10.6 Å². The Balaban J connectivity index is 2.12. The molecule has 2 rings (SSSR count). The summed E-state index contributed by atoms with van der Waals surface area (Å²) in [6.45, 7) is 0. The Bertz CT molecular complexity index is 687. The van der Waals surface area contributed by atoms with Crippen molar-refractivity contribution in [2.24, 2.45) is 5.73 Å². The van der Waals surface area contributed by atoms with Crippen molar-refractivity contribution >= 4 is 46.5 Å². The van der Waals surface area contributed by atoms with Crippen molar-refractivity contribution in [1.82, 2.24) is 0 Å². The van der Waals surface area contributed by atoms with Crippen molar-refractivity contribution in [3.8, 4) is 0 Å². The normalized spacial score (nSPS) is 10.0. The number of rotatable bonds is 3. The van der Waals surface area contributed by atoms with Gasteiger partial charge in [0.15, 0.2) is 0 Å². The number of nitrogens with two attached hydrogens (primary N) is 1. The van der Waals surface area contributed by atoms with Crippen LogP contribution in [0.1, 0.15) is 10.4 Å².